The summed E-state index contributed by atoms with van der Waals surface area (Å²) in [5.41, 5.74) is 20.1. The Morgan fingerprint density at radius 2 is 1.38 bits per heavy atom. The van der Waals surface area contributed by atoms with E-state index in [4.69, 9.17) is 87.3 Å². The number of nitrogens with two attached hydrogens (primary N) is 2. The van der Waals surface area contributed by atoms with Crippen molar-refractivity contribution in [2.75, 3.05) is 152 Å². The maximum atomic E-state index is 14.6. The van der Waals surface area contributed by atoms with Gasteiger partial charge >= 0.3 is 11.9 Å². The lowest BCUT2D eigenvalue weighted by molar-refractivity contribution is -0.265. The number of ether oxygens (including phenoxy) is 14. The van der Waals surface area contributed by atoms with Gasteiger partial charge in [0.15, 0.2) is 29.2 Å². The van der Waals surface area contributed by atoms with Crippen molar-refractivity contribution in [2.45, 2.75) is 233 Å². The van der Waals surface area contributed by atoms with Crippen molar-refractivity contribution >= 4 is 75.1 Å². The molecule has 2 aromatic carbocycles. The molecule has 0 spiro atoms. The largest absolute Gasteiger partial charge is 0.460 e. The second kappa shape index (κ2) is 53.8. The monoisotopic (exact) mass is 1800 g/mol. The maximum absolute atomic E-state index is 14.6. The van der Waals surface area contributed by atoms with Gasteiger partial charge in [0.05, 0.1) is 129 Å². The van der Waals surface area contributed by atoms with Crippen LogP contribution in [-0.4, -0.2) is 281 Å². The molecule has 4 aliphatic heterocycles. The Labute approximate surface area is 758 Å². The highest BCUT2D eigenvalue weighted by atomic mass is 16.6. The summed E-state index contributed by atoms with van der Waals surface area (Å²) in [6.07, 6.45) is 13.5. The minimum atomic E-state index is -2.46. The molecule has 2 amide bonds. The standard InChI is InChI=1S/C63H101NO18.C33H40N8O6/c1-12-76-29-30-78-33-34-79-32-31-77-28-18-22-56(67)81-58-46(7)36-43(4)52(66)40-54(44(5)37-48-24-26-51(65)55(38-48)74-10)80-62(71)50-21-16-17-27-64(50)61(70)60(69)63(72)47(8)23-25-49(82-63)39-53(73-9)42(3)20-15-13-14-19-41(2)35-45(6)57(68)59(58)75-11;1-2-43-11-12-45-15-16-46-14-13-44-10-8-28(42)40-9-7-23-17-22(3-4-25(23)20-40)19-41-32-29(31(34)36-21-37-32)30(39-41)24-5-6-27-26(18-24)38-33(35)47-27/h13-15,19-20,36,41,43-45,47-51,53-55,58-59,65,72H,12,16-18,21-35,37-40H2,1-11H3;3-6,17-18,21H,2,7-16,19-20H2,1H3,(H2,35,38)(H2,34,36,37)/b15-13+,19-14+,42-20+,46-36+;/t41-,43-,44-,45-,47-,48+,49+,50+,51-,53+,54+,55-,58-,59+,63-;/m1./s1. The van der Waals surface area contributed by atoms with Gasteiger partial charge in [0.25, 0.3) is 17.7 Å². The van der Waals surface area contributed by atoms with Gasteiger partial charge in [0, 0.05) is 103 Å². The zero-order valence-corrected chi connectivity index (χ0v) is 77.7. The van der Waals surface area contributed by atoms with Crippen LogP contribution < -0.4 is 11.5 Å². The first-order chi connectivity index (χ1) is 62.2. The third kappa shape index (κ3) is 31.2. The molecule has 1 aliphatic carbocycles. The number of anilines is 2. The minimum Gasteiger partial charge on any atom is -0.460 e. The normalized spacial score (nSPS) is 26.7. The van der Waals surface area contributed by atoms with E-state index in [1.165, 1.54) is 23.9 Å². The smallest absolute Gasteiger partial charge is 0.329 e. The van der Waals surface area contributed by atoms with E-state index >= 15 is 0 Å². The molecular formula is C96H141N9O24. The first-order valence-corrected chi connectivity index (χ1v) is 46.0. The molecule has 3 aromatic heterocycles. The summed E-state index contributed by atoms with van der Waals surface area (Å²) in [6, 6.07) is 10.8. The number of piperidine rings is 1. The van der Waals surface area contributed by atoms with Gasteiger partial charge in [0.1, 0.15) is 41.3 Å². The van der Waals surface area contributed by atoms with Gasteiger partial charge in [-0.3, -0.25) is 28.8 Å². The number of nitrogen functional groups attached to an aromatic ring is 2. The predicted molar refractivity (Wildman–Crippen MR) is 483 cm³/mol. The van der Waals surface area contributed by atoms with Crippen molar-refractivity contribution in [3.63, 3.8) is 0 Å². The van der Waals surface area contributed by atoms with Crippen molar-refractivity contribution in [1.82, 2.24) is 34.5 Å². The van der Waals surface area contributed by atoms with Crippen LogP contribution in [0.15, 0.2) is 94.7 Å². The van der Waals surface area contributed by atoms with E-state index in [0.29, 0.717) is 235 Å². The molecule has 6 N–H and O–H groups in total. The van der Waals surface area contributed by atoms with Crippen LogP contribution in [0.3, 0.4) is 0 Å². The quantitative estimate of drug-likeness (QED) is 0.0124. The number of hydrogen-bond acceptors (Lipinski definition) is 30. The molecule has 15 atom stereocenters. The fourth-order valence-corrected chi connectivity index (χ4v) is 17.2. The predicted octanol–water partition coefficient (Wildman–Crippen LogP) is 10.8. The van der Waals surface area contributed by atoms with E-state index < -0.39 is 95.8 Å². The molecular weight excluding hydrogens is 1660 g/mol. The zero-order valence-electron chi connectivity index (χ0n) is 77.7. The van der Waals surface area contributed by atoms with Gasteiger partial charge in [-0.15, -0.1) is 0 Å². The van der Waals surface area contributed by atoms with E-state index in [1.807, 2.05) is 99.7 Å². The number of benzene rings is 2. The summed E-state index contributed by atoms with van der Waals surface area (Å²) in [7, 11) is 4.52. The van der Waals surface area contributed by atoms with Crippen LogP contribution in [0.4, 0.5) is 11.8 Å². The number of cyclic esters (lactones) is 1. The number of aliphatic hydroxyl groups excluding tert-OH is 1. The Bertz CT molecular complexity index is 4510. The number of hydrogen-bond donors (Lipinski definition) is 4. The van der Waals surface area contributed by atoms with Crippen LogP contribution in [0.25, 0.3) is 33.4 Å². The Morgan fingerprint density at radius 3 is 2.05 bits per heavy atom. The molecule has 714 valence electrons. The number of carbonyl (C=O) groups is 7. The second-order valence-corrected chi connectivity index (χ2v) is 34.3. The average Bonchev–Trinajstić information content (AvgIpc) is 1.72. The molecule has 3 fully saturated rings. The summed E-state index contributed by atoms with van der Waals surface area (Å²) in [5, 5.41) is 28.3. The maximum Gasteiger partial charge on any atom is 0.329 e. The Balaban J connectivity index is 0.000000335. The van der Waals surface area contributed by atoms with Crippen molar-refractivity contribution in [1.29, 1.82) is 0 Å². The number of oxazole rings is 1. The van der Waals surface area contributed by atoms with E-state index in [9.17, 15) is 43.8 Å². The van der Waals surface area contributed by atoms with Gasteiger partial charge in [0.2, 0.25) is 11.7 Å². The molecule has 1 saturated carbocycles. The lowest BCUT2D eigenvalue weighted by atomic mass is 9.78. The highest BCUT2D eigenvalue weighted by Gasteiger charge is 2.53. The molecule has 2 bridgehead atoms. The molecule has 129 heavy (non-hydrogen) atoms. The number of aliphatic hydroxyl groups is 2. The van der Waals surface area contributed by atoms with Gasteiger partial charge in [-0.2, -0.15) is 10.1 Å². The molecule has 0 unspecified atom stereocenters. The number of aromatic nitrogens is 5. The molecule has 7 heterocycles. The number of carbonyl (C=O) groups excluding carboxylic acids is 7. The van der Waals surface area contributed by atoms with Gasteiger partial charge < -0.3 is 102 Å². The number of fused-ring (bicyclic) bond motifs is 6. The molecule has 0 radical (unpaired) electrons. The molecule has 5 aliphatic rings. The van der Waals surface area contributed by atoms with Crippen LogP contribution in [-0.2, 0) is 119 Å². The fourth-order valence-electron chi connectivity index (χ4n) is 17.2. The highest BCUT2D eigenvalue weighted by Crippen LogP contribution is 2.40. The number of ketones is 3. The van der Waals surface area contributed by atoms with E-state index in [0.717, 1.165) is 28.7 Å². The second-order valence-electron chi connectivity index (χ2n) is 34.3. The highest BCUT2D eigenvalue weighted by molar-refractivity contribution is 6.39. The van der Waals surface area contributed by atoms with Crippen LogP contribution >= 0.6 is 0 Å². The van der Waals surface area contributed by atoms with Gasteiger partial charge in [-0.1, -0.05) is 89.3 Å². The summed E-state index contributed by atoms with van der Waals surface area (Å²) in [6.45, 7) is 25.9. The third-order valence-corrected chi connectivity index (χ3v) is 24.7. The average molecular weight is 1810 g/mol. The van der Waals surface area contributed by atoms with Gasteiger partial charge in [-0.05, 0) is 169 Å². The number of nitrogens with zero attached hydrogens (tertiary/aromatic N) is 7. The lowest BCUT2D eigenvalue weighted by Crippen LogP contribution is -2.61. The van der Waals surface area contributed by atoms with Crippen molar-refractivity contribution in [3.05, 3.63) is 107 Å². The first-order valence-electron chi connectivity index (χ1n) is 46.0. The van der Waals surface area contributed by atoms with E-state index in [-0.39, 0.29) is 73.8 Å². The summed E-state index contributed by atoms with van der Waals surface area (Å²) < 4.78 is 87.1. The molecule has 2 saturated heterocycles. The van der Waals surface area contributed by atoms with Gasteiger partial charge in [-0.25, -0.2) is 19.4 Å². The lowest BCUT2D eigenvalue weighted by Gasteiger charge is -2.42. The van der Waals surface area contributed by atoms with E-state index in [2.05, 4.69) is 33.2 Å². The number of allylic oxidation sites excluding steroid dienone is 6. The molecule has 33 heteroatoms. The van der Waals surface area contributed by atoms with Crippen LogP contribution in [0, 0.1) is 35.5 Å². The summed E-state index contributed by atoms with van der Waals surface area (Å²) in [5.74, 6) is -8.65. The Morgan fingerprint density at radius 1 is 0.698 bits per heavy atom. The minimum absolute atomic E-state index is 0.0222. The summed E-state index contributed by atoms with van der Waals surface area (Å²) >= 11 is 0. The van der Waals surface area contributed by atoms with Crippen molar-refractivity contribution in [3.8, 4) is 11.3 Å². The number of methoxy groups -OCH3 is 3. The number of Topliss-reactive ketones (excluding diaryl/α,β-unsaturated/α-hetero) is 3. The topological polar surface area (TPSA) is 417 Å². The first kappa shape index (κ1) is 104. The van der Waals surface area contributed by atoms with Crippen LogP contribution in [0.5, 0.6) is 0 Å². The zero-order chi connectivity index (χ0) is 92.9. The number of esters is 2. The molecule has 10 rings (SSSR count). The molecule has 5 aromatic rings. The number of rotatable bonds is 37. The fraction of sp³-hybridized carbons (Fsp3) is 0.656. The Hall–Kier alpha value is -8.65. The SMILES string of the molecule is CCOCCOCCOCCOCCC(=O)N1CCc2cc(Cn3nc(-c4ccc5oc(N)nc5c4)c4c(N)ncnc43)ccc2C1.CCOCCOCCOCCOCCCC(=O)O[C@@H]1/C(C)=C/[C@@H](C)C(=O)C[C@@H]([C@H](C)C[C@@H]2CC[C@@H](O)[C@H](OC)C2)OC(=O)[C@@H]2CCCCN2C(=O)C(=O)[C@]2(O)O[C@@H](CC[C@H]2C)C[C@H](OC)/C(C)=C/C=C/C=C/[C@@H](C)C[C@@H](C)C(=O)[C@@H]1OC. The van der Waals surface area contributed by atoms with Crippen molar-refractivity contribution in [2.24, 2.45) is 35.5 Å². The number of amides is 2. The summed E-state index contributed by atoms with van der Waals surface area (Å²) in [4.78, 5) is 115. The molecule has 33 nitrogen and oxygen atoms in total. The van der Waals surface area contributed by atoms with Crippen LogP contribution in [0.1, 0.15) is 175 Å². The third-order valence-electron chi connectivity index (χ3n) is 24.7. The van der Waals surface area contributed by atoms with E-state index in [1.54, 1.807) is 41.1 Å². The van der Waals surface area contributed by atoms with Crippen LogP contribution in [0.2, 0.25) is 0 Å². The van der Waals surface area contributed by atoms with Crippen molar-refractivity contribution < 1.29 is 115 Å². The Kier molecular flexibility index (Phi) is 43.4.